The van der Waals surface area contributed by atoms with Crippen LogP contribution in [0.25, 0.3) is 0 Å². The van der Waals surface area contributed by atoms with Crippen LogP contribution in [0, 0.1) is 0 Å². The zero-order chi connectivity index (χ0) is 15.9. The molecule has 3 nitrogen and oxygen atoms in total. The molecule has 3 heteroatoms. The fraction of sp³-hybridized carbons (Fsp3) is 0.211. The second-order valence-corrected chi connectivity index (χ2v) is 5.43. The lowest BCUT2D eigenvalue weighted by Gasteiger charge is -2.13. The van der Waals surface area contributed by atoms with Gasteiger partial charge in [-0.3, -0.25) is 4.79 Å². The van der Waals surface area contributed by atoms with Crippen LogP contribution < -0.4 is 10.1 Å². The van der Waals surface area contributed by atoms with Crippen LogP contribution in [0.3, 0.4) is 0 Å². The second kappa shape index (κ2) is 7.46. The Bertz CT molecular complexity index is 660. The van der Waals surface area contributed by atoms with Gasteiger partial charge in [-0.15, -0.1) is 0 Å². The molecule has 0 fully saturated rings. The highest BCUT2D eigenvalue weighted by molar-refractivity contribution is 6.03. The summed E-state index contributed by atoms with van der Waals surface area (Å²) in [4.78, 5) is 12.2. The minimum absolute atomic E-state index is 0.163. The Morgan fingerprint density at radius 3 is 2.36 bits per heavy atom. The zero-order valence-electron chi connectivity index (χ0n) is 13.2. The van der Waals surface area contributed by atoms with Crippen molar-refractivity contribution in [3.8, 4) is 5.75 Å². The van der Waals surface area contributed by atoms with Crippen LogP contribution in [-0.2, 0) is 4.79 Å². The molecule has 0 spiro atoms. The van der Waals surface area contributed by atoms with Crippen molar-refractivity contribution in [2.75, 3.05) is 5.32 Å². The molecule has 0 saturated heterocycles. The van der Waals surface area contributed by atoms with E-state index in [1.807, 2.05) is 54.6 Å². The van der Waals surface area contributed by atoms with Gasteiger partial charge >= 0.3 is 0 Å². The van der Waals surface area contributed by atoms with Crippen molar-refractivity contribution in [2.24, 2.45) is 0 Å². The van der Waals surface area contributed by atoms with Gasteiger partial charge in [-0.1, -0.05) is 50.2 Å². The lowest BCUT2D eigenvalue weighted by Crippen LogP contribution is -2.15. The fourth-order valence-electron chi connectivity index (χ4n) is 2.04. The highest BCUT2D eigenvalue weighted by Gasteiger charge is 2.10. The molecule has 1 N–H and O–H groups in total. The van der Waals surface area contributed by atoms with E-state index in [4.69, 9.17) is 4.74 Å². The van der Waals surface area contributed by atoms with Gasteiger partial charge in [-0.2, -0.15) is 0 Å². The van der Waals surface area contributed by atoms with Crippen LogP contribution in [0.15, 0.2) is 66.4 Å². The van der Waals surface area contributed by atoms with Crippen LogP contribution in [0.1, 0.15) is 32.3 Å². The van der Waals surface area contributed by atoms with Gasteiger partial charge < -0.3 is 10.1 Å². The van der Waals surface area contributed by atoms with Crippen molar-refractivity contribution in [1.82, 2.24) is 0 Å². The lowest BCUT2D eigenvalue weighted by molar-refractivity contribution is -0.112. The molecule has 1 amide bonds. The number of para-hydroxylation sites is 2. The first-order valence-electron chi connectivity index (χ1n) is 7.36. The summed E-state index contributed by atoms with van der Waals surface area (Å²) in [5.74, 6) is 0.891. The van der Waals surface area contributed by atoms with E-state index in [0.29, 0.717) is 17.2 Å². The number of hydrogen-bond acceptors (Lipinski definition) is 2. The van der Waals surface area contributed by atoms with Gasteiger partial charge in [0.05, 0.1) is 6.26 Å². The molecule has 0 atom stereocenters. The zero-order valence-corrected chi connectivity index (χ0v) is 13.2. The summed E-state index contributed by atoms with van der Waals surface area (Å²) in [7, 11) is 0. The van der Waals surface area contributed by atoms with Crippen molar-refractivity contribution in [3.63, 3.8) is 0 Å². The third kappa shape index (κ3) is 4.22. The molecule has 22 heavy (non-hydrogen) atoms. The molecule has 2 aromatic carbocycles. The van der Waals surface area contributed by atoms with E-state index < -0.39 is 0 Å². The van der Waals surface area contributed by atoms with Crippen molar-refractivity contribution in [1.29, 1.82) is 0 Å². The molecule has 0 bridgehead atoms. The quantitative estimate of drug-likeness (QED) is 0.639. The van der Waals surface area contributed by atoms with Gasteiger partial charge in [0.2, 0.25) is 0 Å². The molecule has 0 aliphatic rings. The molecular formula is C19H21NO2. The first kappa shape index (κ1) is 15.8. The Balaban J connectivity index is 2.06. The van der Waals surface area contributed by atoms with E-state index in [1.54, 1.807) is 6.92 Å². The van der Waals surface area contributed by atoms with Crippen molar-refractivity contribution in [2.45, 2.75) is 26.7 Å². The summed E-state index contributed by atoms with van der Waals surface area (Å²) in [5.41, 5.74) is 2.48. The molecule has 0 heterocycles. The number of ether oxygens (including phenoxy) is 1. The van der Waals surface area contributed by atoms with E-state index in [0.717, 1.165) is 11.3 Å². The predicted octanol–water partition coefficient (Wildman–Crippen LogP) is 4.73. The first-order valence-corrected chi connectivity index (χ1v) is 7.36. The summed E-state index contributed by atoms with van der Waals surface area (Å²) in [6, 6.07) is 17.2. The molecule has 0 radical (unpaired) electrons. The van der Waals surface area contributed by atoms with E-state index in [2.05, 4.69) is 19.2 Å². The second-order valence-electron chi connectivity index (χ2n) is 5.43. The maximum absolute atomic E-state index is 12.2. The van der Waals surface area contributed by atoms with Gasteiger partial charge in [0.15, 0.2) is 0 Å². The van der Waals surface area contributed by atoms with Crippen LogP contribution in [0.4, 0.5) is 5.69 Å². The van der Waals surface area contributed by atoms with E-state index in [9.17, 15) is 4.79 Å². The molecular weight excluding hydrogens is 274 g/mol. The third-order valence-electron chi connectivity index (χ3n) is 3.30. The number of rotatable bonds is 5. The van der Waals surface area contributed by atoms with E-state index >= 15 is 0 Å². The number of carbonyl (C=O) groups is 1. The SMILES string of the molecule is C/C(=C\Oc1ccccc1)C(=O)Nc1ccccc1C(C)C. The van der Waals surface area contributed by atoms with Crippen LogP contribution >= 0.6 is 0 Å². The molecule has 0 aliphatic carbocycles. The first-order chi connectivity index (χ1) is 10.6. The molecule has 0 aliphatic heterocycles. The monoisotopic (exact) mass is 295 g/mol. The Labute approximate surface area is 131 Å². The number of amides is 1. The number of hydrogen-bond donors (Lipinski definition) is 1. The maximum atomic E-state index is 12.2. The van der Waals surface area contributed by atoms with Gasteiger partial charge in [-0.05, 0) is 36.6 Å². The normalized spacial score (nSPS) is 11.4. The molecule has 0 unspecified atom stereocenters. The Hall–Kier alpha value is -2.55. The van der Waals surface area contributed by atoms with Gasteiger partial charge in [0, 0.05) is 11.3 Å². The molecule has 0 saturated carbocycles. The minimum atomic E-state index is -0.163. The Morgan fingerprint density at radius 2 is 1.68 bits per heavy atom. The Kier molecular flexibility index (Phi) is 5.37. The number of benzene rings is 2. The van der Waals surface area contributed by atoms with Gasteiger partial charge in [0.1, 0.15) is 5.75 Å². The highest BCUT2D eigenvalue weighted by atomic mass is 16.5. The number of anilines is 1. The van der Waals surface area contributed by atoms with Crippen LogP contribution in [0.2, 0.25) is 0 Å². The lowest BCUT2D eigenvalue weighted by atomic mass is 10.0. The molecule has 2 rings (SSSR count). The fourth-order valence-corrected chi connectivity index (χ4v) is 2.04. The predicted molar refractivity (Wildman–Crippen MR) is 90.0 cm³/mol. The van der Waals surface area contributed by atoms with Crippen LogP contribution in [-0.4, -0.2) is 5.91 Å². The largest absolute Gasteiger partial charge is 0.465 e. The molecule has 2 aromatic rings. The summed E-state index contributed by atoms with van der Waals surface area (Å²) >= 11 is 0. The minimum Gasteiger partial charge on any atom is -0.465 e. The van der Waals surface area contributed by atoms with E-state index in [-0.39, 0.29) is 5.91 Å². The number of nitrogens with one attached hydrogen (secondary N) is 1. The summed E-state index contributed by atoms with van der Waals surface area (Å²) in [5, 5.41) is 2.94. The van der Waals surface area contributed by atoms with Crippen molar-refractivity contribution < 1.29 is 9.53 Å². The summed E-state index contributed by atoms with van der Waals surface area (Å²) in [6.07, 6.45) is 1.47. The van der Waals surface area contributed by atoms with Crippen LogP contribution in [0.5, 0.6) is 5.75 Å². The van der Waals surface area contributed by atoms with Crippen molar-refractivity contribution in [3.05, 3.63) is 72.0 Å². The standard InChI is InChI=1S/C19H21NO2/c1-14(2)17-11-7-8-12-18(17)20-19(21)15(3)13-22-16-9-5-4-6-10-16/h4-14H,1-3H3,(H,20,21)/b15-13+. The smallest absolute Gasteiger partial charge is 0.254 e. The molecule has 114 valence electrons. The number of carbonyl (C=O) groups excluding carboxylic acids is 1. The summed E-state index contributed by atoms with van der Waals surface area (Å²) in [6.45, 7) is 5.94. The summed E-state index contributed by atoms with van der Waals surface area (Å²) < 4.78 is 5.48. The van der Waals surface area contributed by atoms with E-state index in [1.165, 1.54) is 6.26 Å². The van der Waals surface area contributed by atoms with Gasteiger partial charge in [-0.25, -0.2) is 0 Å². The topological polar surface area (TPSA) is 38.3 Å². The average Bonchev–Trinajstić information content (AvgIpc) is 2.53. The average molecular weight is 295 g/mol. The third-order valence-corrected chi connectivity index (χ3v) is 3.30. The Morgan fingerprint density at radius 1 is 1.05 bits per heavy atom. The maximum Gasteiger partial charge on any atom is 0.254 e. The van der Waals surface area contributed by atoms with Gasteiger partial charge in [0.25, 0.3) is 5.91 Å². The van der Waals surface area contributed by atoms with Crippen molar-refractivity contribution >= 4 is 11.6 Å². The molecule has 0 aromatic heterocycles. The highest BCUT2D eigenvalue weighted by Crippen LogP contribution is 2.24.